The summed E-state index contributed by atoms with van der Waals surface area (Å²) in [5.41, 5.74) is 2.47. The van der Waals surface area contributed by atoms with E-state index in [0.717, 1.165) is 24.1 Å². The van der Waals surface area contributed by atoms with Gasteiger partial charge in [0, 0.05) is 11.6 Å². The lowest BCUT2D eigenvalue weighted by Gasteiger charge is -2.19. The van der Waals surface area contributed by atoms with Gasteiger partial charge in [0.1, 0.15) is 5.82 Å². The van der Waals surface area contributed by atoms with Crippen LogP contribution < -0.4 is 5.32 Å². The number of likely N-dealkylation sites (N-methyl/N-ethyl adjacent to an activating group) is 1. The molecule has 1 N–H and O–H groups in total. The molecule has 0 fully saturated rings. The number of aryl methyl sites for hydroxylation is 1. The zero-order chi connectivity index (χ0) is 13.0. The van der Waals surface area contributed by atoms with Gasteiger partial charge in [0.05, 0.1) is 12.5 Å². The Labute approximate surface area is 107 Å². The molecular formula is C15H18FNO. The largest absolute Gasteiger partial charge is 0.472 e. The van der Waals surface area contributed by atoms with Gasteiger partial charge < -0.3 is 9.73 Å². The Morgan fingerprint density at radius 3 is 2.83 bits per heavy atom. The number of furan rings is 1. The number of hydrogen-bond donors (Lipinski definition) is 1. The normalized spacial score (nSPS) is 12.6. The predicted molar refractivity (Wildman–Crippen MR) is 70.0 cm³/mol. The molecule has 3 heteroatoms. The number of halogens is 1. The Morgan fingerprint density at radius 2 is 2.17 bits per heavy atom. The van der Waals surface area contributed by atoms with Crippen LogP contribution in [0.4, 0.5) is 4.39 Å². The molecule has 1 heterocycles. The quantitative estimate of drug-likeness (QED) is 0.873. The number of benzene rings is 1. The highest BCUT2D eigenvalue weighted by Gasteiger charge is 2.16. The van der Waals surface area contributed by atoms with Crippen molar-refractivity contribution in [2.24, 2.45) is 0 Å². The molecule has 18 heavy (non-hydrogen) atoms. The van der Waals surface area contributed by atoms with Crippen LogP contribution >= 0.6 is 0 Å². The van der Waals surface area contributed by atoms with Crippen molar-refractivity contribution >= 4 is 0 Å². The molecule has 0 bridgehead atoms. The average Bonchev–Trinajstić information content (AvgIpc) is 2.85. The monoisotopic (exact) mass is 247 g/mol. The van der Waals surface area contributed by atoms with E-state index in [9.17, 15) is 4.39 Å². The number of rotatable bonds is 5. The lowest BCUT2D eigenvalue weighted by atomic mass is 9.98. The summed E-state index contributed by atoms with van der Waals surface area (Å²) >= 11 is 0. The molecule has 0 saturated carbocycles. The molecule has 2 nitrogen and oxygen atoms in total. The first-order valence-electron chi connectivity index (χ1n) is 6.21. The molecule has 1 unspecified atom stereocenters. The zero-order valence-corrected chi connectivity index (χ0v) is 10.7. The lowest BCUT2D eigenvalue weighted by Crippen LogP contribution is -2.24. The lowest BCUT2D eigenvalue weighted by molar-refractivity contribution is 0.502. The molecule has 2 aromatic rings. The van der Waals surface area contributed by atoms with Gasteiger partial charge in [0.25, 0.3) is 0 Å². The highest BCUT2D eigenvalue weighted by molar-refractivity contribution is 5.29. The van der Waals surface area contributed by atoms with Crippen LogP contribution in [0.1, 0.15) is 29.7 Å². The van der Waals surface area contributed by atoms with Gasteiger partial charge in [0.2, 0.25) is 0 Å². The molecule has 0 radical (unpaired) electrons. The van der Waals surface area contributed by atoms with Crippen molar-refractivity contribution in [3.63, 3.8) is 0 Å². The van der Waals surface area contributed by atoms with E-state index in [1.807, 2.05) is 25.1 Å². The minimum atomic E-state index is -0.119. The van der Waals surface area contributed by atoms with E-state index in [0.29, 0.717) is 5.56 Å². The third-order valence-corrected chi connectivity index (χ3v) is 3.07. The predicted octanol–water partition coefficient (Wildman–Crippen LogP) is 3.62. The van der Waals surface area contributed by atoms with Crippen molar-refractivity contribution in [3.05, 3.63) is 59.3 Å². The second kappa shape index (κ2) is 5.83. The van der Waals surface area contributed by atoms with Crippen molar-refractivity contribution in [2.75, 3.05) is 6.54 Å². The molecule has 0 aliphatic carbocycles. The summed E-state index contributed by atoms with van der Waals surface area (Å²) in [7, 11) is 0. The van der Waals surface area contributed by atoms with E-state index in [2.05, 4.69) is 5.32 Å². The van der Waals surface area contributed by atoms with Crippen LogP contribution in [0.3, 0.4) is 0 Å². The Morgan fingerprint density at radius 1 is 1.33 bits per heavy atom. The van der Waals surface area contributed by atoms with Gasteiger partial charge in [-0.05, 0) is 37.1 Å². The Kier molecular flexibility index (Phi) is 4.15. The summed E-state index contributed by atoms with van der Waals surface area (Å²) in [4.78, 5) is 0. The molecule has 0 spiro atoms. The molecular weight excluding hydrogens is 229 g/mol. The first kappa shape index (κ1) is 12.8. The van der Waals surface area contributed by atoms with Crippen molar-refractivity contribution in [2.45, 2.75) is 26.3 Å². The van der Waals surface area contributed by atoms with Crippen molar-refractivity contribution in [1.82, 2.24) is 5.32 Å². The summed E-state index contributed by atoms with van der Waals surface area (Å²) < 4.78 is 19.2. The standard InChI is InChI=1S/C15H18FNO/c1-3-17-14(9-12-7-8-18-10-12)13-6-4-5-11(2)15(13)16/h4-8,10,14,17H,3,9H2,1-2H3. The molecule has 96 valence electrons. The zero-order valence-electron chi connectivity index (χ0n) is 10.7. The first-order valence-corrected chi connectivity index (χ1v) is 6.21. The highest BCUT2D eigenvalue weighted by Crippen LogP contribution is 2.23. The Bertz CT molecular complexity index is 493. The van der Waals surface area contributed by atoms with E-state index in [1.165, 1.54) is 0 Å². The minimum Gasteiger partial charge on any atom is -0.472 e. The van der Waals surface area contributed by atoms with Gasteiger partial charge in [-0.2, -0.15) is 0 Å². The fraction of sp³-hybridized carbons (Fsp3) is 0.333. The third-order valence-electron chi connectivity index (χ3n) is 3.07. The summed E-state index contributed by atoms with van der Waals surface area (Å²) in [6.45, 7) is 4.62. The molecule has 1 atom stereocenters. The van der Waals surface area contributed by atoms with E-state index >= 15 is 0 Å². The van der Waals surface area contributed by atoms with E-state index in [-0.39, 0.29) is 11.9 Å². The summed E-state index contributed by atoms with van der Waals surface area (Å²) in [6, 6.07) is 7.42. The van der Waals surface area contributed by atoms with Gasteiger partial charge in [-0.15, -0.1) is 0 Å². The van der Waals surface area contributed by atoms with Gasteiger partial charge in [0.15, 0.2) is 0 Å². The van der Waals surface area contributed by atoms with Crippen LogP contribution in [-0.2, 0) is 6.42 Å². The first-order chi connectivity index (χ1) is 8.72. The molecule has 1 aromatic carbocycles. The molecule has 0 aliphatic heterocycles. The van der Waals surface area contributed by atoms with Gasteiger partial charge >= 0.3 is 0 Å². The molecule has 0 saturated heterocycles. The fourth-order valence-electron chi connectivity index (χ4n) is 2.12. The van der Waals surface area contributed by atoms with Crippen LogP contribution in [0.25, 0.3) is 0 Å². The maximum absolute atomic E-state index is 14.1. The van der Waals surface area contributed by atoms with Gasteiger partial charge in [-0.25, -0.2) is 4.39 Å². The Balaban J connectivity index is 2.26. The van der Waals surface area contributed by atoms with Crippen molar-refractivity contribution in [1.29, 1.82) is 0 Å². The molecule has 1 aromatic heterocycles. The summed E-state index contributed by atoms with van der Waals surface area (Å²) in [6.07, 6.45) is 4.08. The molecule has 0 amide bonds. The Hall–Kier alpha value is -1.61. The summed E-state index contributed by atoms with van der Waals surface area (Å²) in [5.74, 6) is -0.119. The third kappa shape index (κ3) is 2.79. The topological polar surface area (TPSA) is 25.2 Å². The van der Waals surface area contributed by atoms with E-state index in [4.69, 9.17) is 4.42 Å². The van der Waals surface area contributed by atoms with Crippen molar-refractivity contribution in [3.8, 4) is 0 Å². The maximum atomic E-state index is 14.1. The van der Waals surface area contributed by atoms with Crippen LogP contribution in [0.15, 0.2) is 41.2 Å². The smallest absolute Gasteiger partial charge is 0.130 e. The number of nitrogens with one attached hydrogen (secondary N) is 1. The van der Waals surface area contributed by atoms with Gasteiger partial charge in [-0.3, -0.25) is 0 Å². The second-order valence-corrected chi connectivity index (χ2v) is 4.42. The number of hydrogen-bond acceptors (Lipinski definition) is 2. The van der Waals surface area contributed by atoms with Crippen LogP contribution in [0.2, 0.25) is 0 Å². The highest BCUT2D eigenvalue weighted by atomic mass is 19.1. The minimum absolute atomic E-state index is 0.0208. The van der Waals surface area contributed by atoms with E-state index < -0.39 is 0 Å². The van der Waals surface area contributed by atoms with Crippen LogP contribution in [-0.4, -0.2) is 6.54 Å². The second-order valence-electron chi connectivity index (χ2n) is 4.42. The van der Waals surface area contributed by atoms with Gasteiger partial charge in [-0.1, -0.05) is 25.1 Å². The van der Waals surface area contributed by atoms with Crippen LogP contribution in [0.5, 0.6) is 0 Å². The van der Waals surface area contributed by atoms with Crippen molar-refractivity contribution < 1.29 is 8.81 Å². The maximum Gasteiger partial charge on any atom is 0.130 e. The fourth-order valence-corrected chi connectivity index (χ4v) is 2.12. The average molecular weight is 247 g/mol. The van der Waals surface area contributed by atoms with E-state index in [1.54, 1.807) is 25.5 Å². The summed E-state index contributed by atoms with van der Waals surface area (Å²) in [5, 5.41) is 3.32. The SMILES string of the molecule is CCNC(Cc1ccoc1)c1cccc(C)c1F. The molecule has 2 rings (SSSR count). The van der Waals surface area contributed by atoms with Crippen LogP contribution in [0, 0.1) is 12.7 Å². The molecule has 0 aliphatic rings.